The summed E-state index contributed by atoms with van der Waals surface area (Å²) in [5.74, 6) is 0.337. The molecule has 0 spiro atoms. The van der Waals surface area contributed by atoms with E-state index in [1.807, 2.05) is 20.8 Å². The van der Waals surface area contributed by atoms with Crippen LogP contribution < -0.4 is 5.32 Å². The van der Waals surface area contributed by atoms with Gasteiger partial charge in [-0.25, -0.2) is 4.98 Å². The van der Waals surface area contributed by atoms with Gasteiger partial charge < -0.3 is 5.32 Å². The number of nitrogens with one attached hydrogen (secondary N) is 1. The van der Waals surface area contributed by atoms with Crippen LogP contribution in [-0.4, -0.2) is 11.0 Å². The SMILES string of the molecule is CC(C)CC(C)Nc1ncccc1C(F)(F)F. The van der Waals surface area contributed by atoms with E-state index in [0.29, 0.717) is 5.92 Å². The van der Waals surface area contributed by atoms with Crippen molar-refractivity contribution in [1.29, 1.82) is 0 Å². The molecule has 17 heavy (non-hydrogen) atoms. The maximum Gasteiger partial charge on any atom is 0.419 e. The third-order valence-corrected chi connectivity index (χ3v) is 2.32. The molecule has 1 unspecified atom stereocenters. The maximum absolute atomic E-state index is 12.7. The number of hydrogen-bond acceptors (Lipinski definition) is 2. The van der Waals surface area contributed by atoms with Gasteiger partial charge in [-0.3, -0.25) is 0 Å². The minimum absolute atomic E-state index is 0.0361. The van der Waals surface area contributed by atoms with E-state index in [0.717, 1.165) is 12.5 Å². The van der Waals surface area contributed by atoms with Gasteiger partial charge in [-0.15, -0.1) is 0 Å². The Balaban J connectivity index is 2.84. The van der Waals surface area contributed by atoms with Crippen LogP contribution in [0.1, 0.15) is 32.8 Å². The Hall–Kier alpha value is -1.26. The lowest BCUT2D eigenvalue weighted by atomic mass is 10.1. The molecule has 0 aliphatic carbocycles. The lowest BCUT2D eigenvalue weighted by molar-refractivity contribution is -0.137. The molecule has 1 rings (SSSR count). The van der Waals surface area contributed by atoms with Crippen LogP contribution in [0, 0.1) is 5.92 Å². The van der Waals surface area contributed by atoms with Gasteiger partial charge in [0, 0.05) is 12.2 Å². The summed E-state index contributed by atoms with van der Waals surface area (Å²) in [7, 11) is 0. The van der Waals surface area contributed by atoms with Gasteiger partial charge in [-0.1, -0.05) is 13.8 Å². The molecule has 96 valence electrons. The summed E-state index contributed by atoms with van der Waals surface area (Å²) in [4.78, 5) is 3.76. The van der Waals surface area contributed by atoms with Crippen molar-refractivity contribution in [3.8, 4) is 0 Å². The van der Waals surface area contributed by atoms with E-state index in [1.165, 1.54) is 12.3 Å². The molecule has 0 radical (unpaired) electrons. The summed E-state index contributed by atoms with van der Waals surface area (Å²) in [6.45, 7) is 5.91. The van der Waals surface area contributed by atoms with E-state index in [4.69, 9.17) is 0 Å². The largest absolute Gasteiger partial charge is 0.419 e. The van der Waals surface area contributed by atoms with E-state index in [2.05, 4.69) is 10.3 Å². The molecule has 2 nitrogen and oxygen atoms in total. The lowest BCUT2D eigenvalue weighted by Gasteiger charge is -2.19. The number of halogens is 3. The Bertz CT molecular complexity index is 361. The monoisotopic (exact) mass is 246 g/mol. The molecule has 1 atom stereocenters. The van der Waals surface area contributed by atoms with Crippen LogP contribution in [0.3, 0.4) is 0 Å². The van der Waals surface area contributed by atoms with Gasteiger partial charge in [0.25, 0.3) is 0 Å². The molecule has 0 bridgehead atoms. The smallest absolute Gasteiger partial charge is 0.367 e. The van der Waals surface area contributed by atoms with Crippen molar-refractivity contribution >= 4 is 5.82 Å². The van der Waals surface area contributed by atoms with Crippen molar-refractivity contribution in [1.82, 2.24) is 4.98 Å². The number of alkyl halides is 3. The molecular formula is C12H17F3N2. The molecule has 0 fully saturated rings. The molecule has 0 aliphatic heterocycles. The second-order valence-electron chi connectivity index (χ2n) is 4.57. The summed E-state index contributed by atoms with van der Waals surface area (Å²) in [6, 6.07) is 2.30. The van der Waals surface area contributed by atoms with Crippen LogP contribution in [0.5, 0.6) is 0 Å². The Morgan fingerprint density at radius 2 is 1.94 bits per heavy atom. The zero-order chi connectivity index (χ0) is 13.1. The molecule has 1 N–H and O–H groups in total. The molecule has 0 aromatic carbocycles. The predicted molar refractivity (Wildman–Crippen MR) is 61.8 cm³/mol. The average Bonchev–Trinajstić information content (AvgIpc) is 2.15. The van der Waals surface area contributed by atoms with Crippen molar-refractivity contribution in [2.75, 3.05) is 5.32 Å². The number of hydrogen-bond donors (Lipinski definition) is 1. The second-order valence-corrected chi connectivity index (χ2v) is 4.57. The maximum atomic E-state index is 12.7. The lowest BCUT2D eigenvalue weighted by Crippen LogP contribution is -2.21. The first kappa shape index (κ1) is 13.8. The standard InChI is InChI=1S/C12H17F3N2/c1-8(2)7-9(3)17-11-10(12(13,14)15)5-4-6-16-11/h4-6,8-9H,7H2,1-3H3,(H,16,17). The van der Waals surface area contributed by atoms with Crippen LogP contribution >= 0.6 is 0 Å². The predicted octanol–water partition coefficient (Wildman–Crippen LogP) is 3.95. The van der Waals surface area contributed by atoms with Gasteiger partial charge >= 0.3 is 6.18 Å². The molecule has 0 amide bonds. The Kier molecular flexibility index (Phi) is 4.37. The molecule has 5 heteroatoms. The van der Waals surface area contributed by atoms with Gasteiger partial charge in [-0.05, 0) is 31.4 Å². The van der Waals surface area contributed by atoms with Crippen LogP contribution in [0.2, 0.25) is 0 Å². The zero-order valence-corrected chi connectivity index (χ0v) is 10.2. The number of nitrogens with zero attached hydrogens (tertiary/aromatic N) is 1. The molecule has 0 aliphatic rings. The molecule has 1 aromatic heterocycles. The van der Waals surface area contributed by atoms with Crippen LogP contribution in [-0.2, 0) is 6.18 Å². The molecule has 1 heterocycles. The highest BCUT2D eigenvalue weighted by atomic mass is 19.4. The topological polar surface area (TPSA) is 24.9 Å². The van der Waals surface area contributed by atoms with Gasteiger partial charge in [0.15, 0.2) is 0 Å². The van der Waals surface area contributed by atoms with Crippen LogP contribution in [0.15, 0.2) is 18.3 Å². The van der Waals surface area contributed by atoms with Gasteiger partial charge in [0.1, 0.15) is 5.82 Å². The third-order valence-electron chi connectivity index (χ3n) is 2.32. The van der Waals surface area contributed by atoms with Gasteiger partial charge in [0.05, 0.1) is 5.56 Å². The molecule has 0 saturated heterocycles. The number of anilines is 1. The van der Waals surface area contributed by atoms with E-state index in [-0.39, 0.29) is 11.9 Å². The van der Waals surface area contributed by atoms with E-state index >= 15 is 0 Å². The van der Waals surface area contributed by atoms with Crippen LogP contribution in [0.25, 0.3) is 0 Å². The highest BCUT2D eigenvalue weighted by Gasteiger charge is 2.34. The molecular weight excluding hydrogens is 229 g/mol. The summed E-state index contributed by atoms with van der Waals surface area (Å²) in [5, 5.41) is 2.82. The fourth-order valence-corrected chi connectivity index (χ4v) is 1.75. The first-order chi connectivity index (χ1) is 7.80. The number of pyridine rings is 1. The fraction of sp³-hybridized carbons (Fsp3) is 0.583. The van der Waals surface area contributed by atoms with E-state index < -0.39 is 11.7 Å². The quantitative estimate of drug-likeness (QED) is 0.870. The Morgan fingerprint density at radius 1 is 1.29 bits per heavy atom. The van der Waals surface area contributed by atoms with Crippen molar-refractivity contribution in [2.24, 2.45) is 5.92 Å². The molecule has 0 saturated carbocycles. The van der Waals surface area contributed by atoms with Crippen LogP contribution in [0.4, 0.5) is 19.0 Å². The number of rotatable bonds is 4. The zero-order valence-electron chi connectivity index (χ0n) is 10.2. The van der Waals surface area contributed by atoms with Crippen molar-refractivity contribution in [3.05, 3.63) is 23.9 Å². The first-order valence-electron chi connectivity index (χ1n) is 5.59. The normalized spacial score (nSPS) is 13.8. The Morgan fingerprint density at radius 3 is 2.47 bits per heavy atom. The van der Waals surface area contributed by atoms with Gasteiger partial charge in [0.2, 0.25) is 0 Å². The summed E-state index contributed by atoms with van der Waals surface area (Å²) >= 11 is 0. The highest BCUT2D eigenvalue weighted by Crippen LogP contribution is 2.33. The van der Waals surface area contributed by atoms with E-state index in [1.54, 1.807) is 0 Å². The summed E-state index contributed by atoms with van der Waals surface area (Å²) in [6.07, 6.45) is -2.21. The first-order valence-corrected chi connectivity index (χ1v) is 5.59. The summed E-state index contributed by atoms with van der Waals surface area (Å²) in [5.41, 5.74) is -0.712. The minimum Gasteiger partial charge on any atom is -0.367 e. The van der Waals surface area contributed by atoms with E-state index in [9.17, 15) is 13.2 Å². The second kappa shape index (κ2) is 5.38. The third kappa shape index (κ3) is 4.24. The summed E-state index contributed by atoms with van der Waals surface area (Å²) < 4.78 is 38.0. The molecule has 1 aromatic rings. The minimum atomic E-state index is -4.37. The number of aromatic nitrogens is 1. The van der Waals surface area contributed by atoms with Gasteiger partial charge in [-0.2, -0.15) is 13.2 Å². The van der Waals surface area contributed by atoms with Crippen molar-refractivity contribution in [3.63, 3.8) is 0 Å². The van der Waals surface area contributed by atoms with Crippen molar-refractivity contribution in [2.45, 2.75) is 39.4 Å². The Labute approximate surface area is 99.3 Å². The average molecular weight is 246 g/mol. The van der Waals surface area contributed by atoms with Crippen molar-refractivity contribution < 1.29 is 13.2 Å². The fourth-order valence-electron chi connectivity index (χ4n) is 1.75. The highest BCUT2D eigenvalue weighted by molar-refractivity contribution is 5.46.